The molecule has 1 aliphatic rings. The van der Waals surface area contributed by atoms with Gasteiger partial charge in [0.25, 0.3) is 5.91 Å². The van der Waals surface area contributed by atoms with Gasteiger partial charge < -0.3 is 14.8 Å². The Morgan fingerprint density at radius 3 is 2.73 bits per heavy atom. The minimum absolute atomic E-state index is 0.115. The van der Waals surface area contributed by atoms with E-state index in [1.165, 1.54) is 4.88 Å². The second kappa shape index (κ2) is 10.7. The monoisotopic (exact) mass is 466 g/mol. The molecule has 3 aromatic rings. The standard InChI is InChI=1S/C24H30N6O2S/c1-17(2)22(26-24(32)19-9-3-4-12-25-19)23-28-27-20-11-13-29(14-15-30(20)23)21(31)10-5-7-18-8-6-16-33-18/h3-4,6,8-9,12,16-17,22H,5,7,10-11,13-15H2,1-2H3,(H,26,32). The SMILES string of the molecule is CC(C)C(NC(=O)c1ccccn1)c1nnc2n1CCN(C(=O)CCCc1cccs1)CC2. The number of aromatic nitrogens is 4. The first kappa shape index (κ1) is 23.1. The van der Waals surface area contributed by atoms with E-state index < -0.39 is 0 Å². The maximum atomic E-state index is 12.8. The fraction of sp³-hybridized carbons (Fsp3) is 0.458. The van der Waals surface area contributed by atoms with Crippen LogP contribution in [0.5, 0.6) is 0 Å². The van der Waals surface area contributed by atoms with Crippen molar-refractivity contribution in [1.82, 2.24) is 30.0 Å². The molecule has 0 fully saturated rings. The average molecular weight is 467 g/mol. The summed E-state index contributed by atoms with van der Waals surface area (Å²) in [6, 6.07) is 9.14. The van der Waals surface area contributed by atoms with Crippen molar-refractivity contribution in [2.45, 2.75) is 52.1 Å². The van der Waals surface area contributed by atoms with Crippen LogP contribution in [0.4, 0.5) is 0 Å². The summed E-state index contributed by atoms with van der Waals surface area (Å²) in [4.78, 5) is 32.9. The molecule has 0 spiro atoms. The minimum atomic E-state index is -0.297. The molecule has 0 aromatic carbocycles. The highest BCUT2D eigenvalue weighted by atomic mass is 32.1. The smallest absolute Gasteiger partial charge is 0.270 e. The fourth-order valence-corrected chi connectivity index (χ4v) is 4.84. The predicted molar refractivity (Wildman–Crippen MR) is 127 cm³/mol. The third kappa shape index (κ3) is 5.65. The lowest BCUT2D eigenvalue weighted by Gasteiger charge is -2.23. The van der Waals surface area contributed by atoms with Crippen LogP contribution in [0.25, 0.3) is 0 Å². The normalized spacial score (nSPS) is 14.6. The lowest BCUT2D eigenvalue weighted by Crippen LogP contribution is -2.35. The number of amides is 2. The van der Waals surface area contributed by atoms with Crippen LogP contribution in [-0.4, -0.2) is 49.6 Å². The first-order valence-corrected chi connectivity index (χ1v) is 12.3. The fourth-order valence-electron chi connectivity index (χ4n) is 4.09. The van der Waals surface area contributed by atoms with E-state index >= 15 is 0 Å². The van der Waals surface area contributed by atoms with Gasteiger partial charge in [0.15, 0.2) is 5.82 Å². The topological polar surface area (TPSA) is 93.0 Å². The van der Waals surface area contributed by atoms with Crippen LogP contribution in [-0.2, 0) is 24.2 Å². The quantitative estimate of drug-likeness (QED) is 0.550. The van der Waals surface area contributed by atoms with Crippen LogP contribution >= 0.6 is 11.3 Å². The molecule has 0 saturated carbocycles. The third-order valence-corrected chi connectivity index (χ3v) is 6.87. The van der Waals surface area contributed by atoms with Gasteiger partial charge in [-0.15, -0.1) is 21.5 Å². The number of hydrogen-bond donors (Lipinski definition) is 1. The summed E-state index contributed by atoms with van der Waals surface area (Å²) in [7, 11) is 0. The number of carbonyl (C=O) groups excluding carboxylic acids is 2. The van der Waals surface area contributed by atoms with E-state index in [2.05, 4.69) is 36.5 Å². The molecule has 4 heterocycles. The molecule has 1 unspecified atom stereocenters. The molecule has 3 aromatic heterocycles. The predicted octanol–water partition coefficient (Wildman–Crippen LogP) is 3.27. The summed E-state index contributed by atoms with van der Waals surface area (Å²) in [5, 5.41) is 14.0. The van der Waals surface area contributed by atoms with Gasteiger partial charge >= 0.3 is 0 Å². The molecule has 1 N–H and O–H groups in total. The Morgan fingerprint density at radius 2 is 2.00 bits per heavy atom. The van der Waals surface area contributed by atoms with Crippen molar-refractivity contribution in [3.8, 4) is 0 Å². The first-order chi connectivity index (χ1) is 16.0. The molecule has 33 heavy (non-hydrogen) atoms. The molecule has 2 amide bonds. The summed E-state index contributed by atoms with van der Waals surface area (Å²) in [6.07, 6.45) is 4.62. The van der Waals surface area contributed by atoms with Crippen molar-refractivity contribution in [3.05, 3.63) is 64.1 Å². The number of fused-ring (bicyclic) bond motifs is 1. The average Bonchev–Trinajstić information content (AvgIpc) is 3.43. The van der Waals surface area contributed by atoms with Gasteiger partial charge in [-0.25, -0.2) is 0 Å². The maximum absolute atomic E-state index is 12.8. The molecule has 8 nitrogen and oxygen atoms in total. The van der Waals surface area contributed by atoms with E-state index in [-0.39, 0.29) is 23.8 Å². The number of nitrogens with one attached hydrogen (secondary N) is 1. The van der Waals surface area contributed by atoms with Gasteiger partial charge in [-0.2, -0.15) is 0 Å². The number of rotatable bonds is 8. The van der Waals surface area contributed by atoms with Crippen molar-refractivity contribution in [2.75, 3.05) is 13.1 Å². The number of thiophene rings is 1. The zero-order valence-corrected chi connectivity index (χ0v) is 19.9. The van der Waals surface area contributed by atoms with Gasteiger partial charge in [0.1, 0.15) is 11.5 Å². The molecule has 9 heteroatoms. The highest BCUT2D eigenvalue weighted by molar-refractivity contribution is 7.09. The largest absolute Gasteiger partial charge is 0.340 e. The molecule has 4 rings (SSSR count). The molecular formula is C24H30N6O2S. The van der Waals surface area contributed by atoms with E-state index in [0.717, 1.165) is 24.5 Å². The Bertz CT molecular complexity index is 1060. The Hall–Kier alpha value is -3.07. The van der Waals surface area contributed by atoms with Crippen LogP contribution in [0.1, 0.15) is 59.7 Å². The third-order valence-electron chi connectivity index (χ3n) is 5.93. The number of hydrogen-bond acceptors (Lipinski definition) is 6. The second-order valence-corrected chi connectivity index (χ2v) is 9.63. The highest BCUT2D eigenvalue weighted by Crippen LogP contribution is 2.23. The summed E-state index contributed by atoms with van der Waals surface area (Å²) in [6.45, 7) is 5.98. The number of pyridine rings is 1. The molecule has 0 bridgehead atoms. The van der Waals surface area contributed by atoms with E-state index in [4.69, 9.17) is 0 Å². The van der Waals surface area contributed by atoms with Crippen LogP contribution < -0.4 is 5.32 Å². The number of carbonyl (C=O) groups is 2. The molecule has 1 aliphatic heterocycles. The van der Waals surface area contributed by atoms with E-state index in [1.807, 2.05) is 24.8 Å². The Kier molecular flexibility index (Phi) is 7.49. The summed E-state index contributed by atoms with van der Waals surface area (Å²) >= 11 is 1.74. The molecule has 174 valence electrons. The van der Waals surface area contributed by atoms with Gasteiger partial charge in [0.05, 0.1) is 6.04 Å². The van der Waals surface area contributed by atoms with Gasteiger partial charge in [0.2, 0.25) is 5.91 Å². The van der Waals surface area contributed by atoms with Gasteiger partial charge in [-0.1, -0.05) is 26.0 Å². The second-order valence-electron chi connectivity index (χ2n) is 8.60. The lowest BCUT2D eigenvalue weighted by atomic mass is 10.0. The van der Waals surface area contributed by atoms with Crippen LogP contribution in [0.2, 0.25) is 0 Å². The van der Waals surface area contributed by atoms with Crippen LogP contribution in [0.15, 0.2) is 41.9 Å². The molecule has 0 radical (unpaired) electrons. The molecule has 0 aliphatic carbocycles. The zero-order valence-electron chi connectivity index (χ0n) is 19.1. The maximum Gasteiger partial charge on any atom is 0.270 e. The van der Waals surface area contributed by atoms with Gasteiger partial charge in [-0.05, 0) is 42.3 Å². The molecule has 1 atom stereocenters. The van der Waals surface area contributed by atoms with Gasteiger partial charge in [0, 0.05) is 43.5 Å². The van der Waals surface area contributed by atoms with Crippen molar-refractivity contribution in [1.29, 1.82) is 0 Å². The summed E-state index contributed by atoms with van der Waals surface area (Å²) in [5.74, 6) is 1.66. The summed E-state index contributed by atoms with van der Waals surface area (Å²) < 4.78 is 2.07. The number of nitrogens with zero attached hydrogens (tertiary/aromatic N) is 5. The van der Waals surface area contributed by atoms with Crippen molar-refractivity contribution in [2.24, 2.45) is 5.92 Å². The Balaban J connectivity index is 1.40. The minimum Gasteiger partial charge on any atom is -0.340 e. The van der Waals surface area contributed by atoms with Crippen molar-refractivity contribution < 1.29 is 9.59 Å². The van der Waals surface area contributed by atoms with E-state index in [1.54, 1.807) is 35.7 Å². The van der Waals surface area contributed by atoms with Crippen LogP contribution in [0, 0.1) is 5.92 Å². The Morgan fingerprint density at radius 1 is 1.12 bits per heavy atom. The lowest BCUT2D eigenvalue weighted by molar-refractivity contribution is -0.131. The first-order valence-electron chi connectivity index (χ1n) is 11.5. The zero-order chi connectivity index (χ0) is 23.2. The number of aryl methyl sites for hydroxylation is 1. The molecular weight excluding hydrogens is 436 g/mol. The molecule has 0 saturated heterocycles. The summed E-state index contributed by atoms with van der Waals surface area (Å²) in [5.41, 5.74) is 0.373. The van der Waals surface area contributed by atoms with Gasteiger partial charge in [-0.3, -0.25) is 14.6 Å². The van der Waals surface area contributed by atoms with Crippen molar-refractivity contribution in [3.63, 3.8) is 0 Å². The Labute approximate surface area is 198 Å². The van der Waals surface area contributed by atoms with E-state index in [0.29, 0.717) is 38.2 Å². The van der Waals surface area contributed by atoms with Crippen LogP contribution in [0.3, 0.4) is 0 Å². The highest BCUT2D eigenvalue weighted by Gasteiger charge is 2.28. The van der Waals surface area contributed by atoms with Crippen molar-refractivity contribution >= 4 is 23.2 Å². The van der Waals surface area contributed by atoms with E-state index in [9.17, 15) is 9.59 Å².